The summed E-state index contributed by atoms with van der Waals surface area (Å²) in [6, 6.07) is 4.96. The van der Waals surface area contributed by atoms with Crippen LogP contribution in [0.3, 0.4) is 0 Å². The number of halogens is 1. The third-order valence-corrected chi connectivity index (χ3v) is 3.92. The molecule has 0 radical (unpaired) electrons. The van der Waals surface area contributed by atoms with E-state index >= 15 is 0 Å². The van der Waals surface area contributed by atoms with Crippen LogP contribution in [0.5, 0.6) is 11.5 Å². The van der Waals surface area contributed by atoms with Crippen LogP contribution in [0.2, 0.25) is 0 Å². The lowest BCUT2D eigenvalue weighted by molar-refractivity contribution is -0.142. The maximum Gasteiger partial charge on any atom is 0.320 e. The maximum atomic E-state index is 12.0. The van der Waals surface area contributed by atoms with E-state index in [1.807, 2.05) is 18.2 Å². The first kappa shape index (κ1) is 17.4. The fourth-order valence-electron chi connectivity index (χ4n) is 2.79. The molecule has 0 saturated carbocycles. The first-order valence-corrected chi connectivity index (χ1v) is 7.25. The molecule has 2 aliphatic heterocycles. The average Bonchev–Trinajstić information content (AvgIpc) is 3.13. The molecule has 0 aliphatic carbocycles. The molecule has 1 aromatic rings. The van der Waals surface area contributed by atoms with Crippen molar-refractivity contribution in [3.63, 3.8) is 0 Å². The number of likely N-dealkylation sites (tertiary alicyclic amines) is 1. The number of nitrogens with one attached hydrogen (secondary N) is 1. The first-order chi connectivity index (χ1) is 10.6. The number of carbonyl (C=O) groups is 2. The van der Waals surface area contributed by atoms with Crippen LogP contribution in [-0.2, 0) is 16.1 Å². The topological polar surface area (TPSA) is 88.1 Å². The summed E-state index contributed by atoms with van der Waals surface area (Å²) in [5.41, 5.74) is 0.911. The second kappa shape index (κ2) is 7.52. The van der Waals surface area contributed by atoms with Gasteiger partial charge in [0.2, 0.25) is 12.7 Å². The van der Waals surface area contributed by atoms with Gasteiger partial charge in [0.05, 0.1) is 6.54 Å². The van der Waals surface area contributed by atoms with Crippen LogP contribution >= 0.6 is 12.4 Å². The van der Waals surface area contributed by atoms with E-state index < -0.39 is 12.0 Å². The van der Waals surface area contributed by atoms with Crippen molar-refractivity contribution in [3.05, 3.63) is 23.8 Å². The number of carboxylic acid groups (broad SMARTS) is 1. The molecule has 2 N–H and O–H groups in total. The Morgan fingerprint density at radius 1 is 1.30 bits per heavy atom. The Labute approximate surface area is 140 Å². The highest BCUT2D eigenvalue weighted by atomic mass is 35.5. The summed E-state index contributed by atoms with van der Waals surface area (Å²) < 4.78 is 10.5. The number of hydrogen-bond acceptors (Lipinski definition) is 5. The highest BCUT2D eigenvalue weighted by Crippen LogP contribution is 2.32. The third kappa shape index (κ3) is 4.05. The molecule has 1 saturated heterocycles. The number of nitrogens with zero attached hydrogens (tertiary/aromatic N) is 1. The standard InChI is InChI=1S/C15H18N2O5.ClH/c18-14(8-17-5-1-2-11(17)15(19)20)16-7-10-3-4-12-13(6-10)22-9-21-12;/h3-4,6,11H,1-2,5,7-9H2,(H,16,18)(H,19,20);1H/t11-;/m0./s1. The van der Waals surface area contributed by atoms with Gasteiger partial charge in [0.25, 0.3) is 0 Å². The van der Waals surface area contributed by atoms with E-state index in [0.717, 1.165) is 12.0 Å². The summed E-state index contributed by atoms with van der Waals surface area (Å²) in [6.45, 7) is 1.35. The SMILES string of the molecule is Cl.O=C(CN1CCC[C@H]1C(=O)O)NCc1ccc2c(c1)OCO2. The number of hydrogen-bond donors (Lipinski definition) is 2. The predicted molar refractivity (Wildman–Crippen MR) is 83.9 cm³/mol. The van der Waals surface area contributed by atoms with Crippen molar-refractivity contribution in [2.45, 2.75) is 25.4 Å². The molecule has 0 bridgehead atoms. The Bertz CT molecular complexity index is 595. The van der Waals surface area contributed by atoms with E-state index in [-0.39, 0.29) is 31.7 Å². The van der Waals surface area contributed by atoms with Crippen LogP contribution in [0.1, 0.15) is 18.4 Å². The second-order valence-corrected chi connectivity index (χ2v) is 5.43. The van der Waals surface area contributed by atoms with Crippen molar-refractivity contribution in [2.24, 2.45) is 0 Å². The summed E-state index contributed by atoms with van der Waals surface area (Å²) in [5, 5.41) is 11.9. The van der Waals surface area contributed by atoms with Crippen molar-refractivity contribution in [1.29, 1.82) is 0 Å². The van der Waals surface area contributed by atoms with Crippen molar-refractivity contribution in [3.8, 4) is 11.5 Å². The van der Waals surface area contributed by atoms with Gasteiger partial charge in [-0.25, -0.2) is 0 Å². The highest BCUT2D eigenvalue weighted by Gasteiger charge is 2.31. The van der Waals surface area contributed by atoms with E-state index in [1.54, 1.807) is 4.90 Å². The maximum absolute atomic E-state index is 12.0. The molecule has 2 aliphatic rings. The summed E-state index contributed by atoms with van der Waals surface area (Å²) in [6.07, 6.45) is 1.41. The zero-order valence-corrected chi connectivity index (χ0v) is 13.3. The molecule has 1 fully saturated rings. The fraction of sp³-hybridized carbons (Fsp3) is 0.467. The molecule has 1 amide bonds. The minimum atomic E-state index is -0.860. The Balaban J connectivity index is 0.00000192. The first-order valence-electron chi connectivity index (χ1n) is 7.25. The van der Waals surface area contributed by atoms with Gasteiger partial charge >= 0.3 is 5.97 Å². The van der Waals surface area contributed by atoms with Crippen molar-refractivity contribution >= 4 is 24.3 Å². The Morgan fingerprint density at radius 3 is 2.87 bits per heavy atom. The number of benzene rings is 1. The molecule has 8 heteroatoms. The minimum Gasteiger partial charge on any atom is -0.480 e. The van der Waals surface area contributed by atoms with Crippen LogP contribution < -0.4 is 14.8 Å². The molecular formula is C15H19ClN2O5. The van der Waals surface area contributed by atoms with Crippen LogP contribution in [-0.4, -0.2) is 47.8 Å². The zero-order chi connectivity index (χ0) is 15.5. The largest absolute Gasteiger partial charge is 0.480 e. The molecule has 0 unspecified atom stereocenters. The zero-order valence-electron chi connectivity index (χ0n) is 12.5. The fourth-order valence-corrected chi connectivity index (χ4v) is 2.79. The molecule has 3 rings (SSSR count). The second-order valence-electron chi connectivity index (χ2n) is 5.43. The van der Waals surface area contributed by atoms with Crippen molar-refractivity contribution in [2.75, 3.05) is 19.9 Å². The Kier molecular flexibility index (Phi) is 5.68. The number of carboxylic acids is 1. The Morgan fingerprint density at radius 2 is 2.09 bits per heavy atom. The lowest BCUT2D eigenvalue weighted by Gasteiger charge is -2.20. The van der Waals surface area contributed by atoms with Gasteiger partial charge in [-0.05, 0) is 37.1 Å². The quantitative estimate of drug-likeness (QED) is 0.830. The monoisotopic (exact) mass is 342 g/mol. The van der Waals surface area contributed by atoms with Crippen molar-refractivity contribution < 1.29 is 24.2 Å². The lowest BCUT2D eigenvalue weighted by Crippen LogP contribution is -2.42. The van der Waals surface area contributed by atoms with Crippen LogP contribution in [0.25, 0.3) is 0 Å². The highest BCUT2D eigenvalue weighted by molar-refractivity contribution is 5.85. The molecule has 0 aromatic heterocycles. The van der Waals surface area contributed by atoms with E-state index in [4.69, 9.17) is 14.6 Å². The van der Waals surface area contributed by atoms with Gasteiger partial charge < -0.3 is 19.9 Å². The van der Waals surface area contributed by atoms with Gasteiger partial charge in [-0.15, -0.1) is 12.4 Å². The summed E-state index contributed by atoms with van der Waals surface area (Å²) in [7, 11) is 0. The van der Waals surface area contributed by atoms with Crippen LogP contribution in [0, 0.1) is 0 Å². The number of amides is 1. The predicted octanol–water partition coefficient (Wildman–Crippen LogP) is 1.00. The molecule has 1 aromatic carbocycles. The minimum absolute atomic E-state index is 0. The van der Waals surface area contributed by atoms with Crippen LogP contribution in [0.4, 0.5) is 0 Å². The number of aliphatic carboxylic acids is 1. The number of ether oxygens (including phenoxy) is 2. The molecule has 2 heterocycles. The summed E-state index contributed by atoms with van der Waals surface area (Å²) in [4.78, 5) is 24.8. The van der Waals surface area contributed by atoms with Crippen LogP contribution in [0.15, 0.2) is 18.2 Å². The molecule has 126 valence electrons. The van der Waals surface area contributed by atoms with Gasteiger partial charge in [0, 0.05) is 6.54 Å². The molecular weight excluding hydrogens is 324 g/mol. The molecule has 7 nitrogen and oxygen atoms in total. The van der Waals surface area contributed by atoms with E-state index in [9.17, 15) is 9.59 Å². The molecule has 0 spiro atoms. The van der Waals surface area contributed by atoms with Gasteiger partial charge in [-0.3, -0.25) is 14.5 Å². The summed E-state index contributed by atoms with van der Waals surface area (Å²) >= 11 is 0. The van der Waals surface area contributed by atoms with E-state index in [2.05, 4.69) is 5.32 Å². The normalized spacial score (nSPS) is 19.2. The van der Waals surface area contributed by atoms with E-state index in [1.165, 1.54) is 0 Å². The summed E-state index contributed by atoms with van der Waals surface area (Å²) in [5.74, 6) is 0.348. The molecule has 23 heavy (non-hydrogen) atoms. The number of fused-ring (bicyclic) bond motifs is 1. The van der Waals surface area contributed by atoms with Crippen molar-refractivity contribution in [1.82, 2.24) is 10.2 Å². The smallest absolute Gasteiger partial charge is 0.320 e. The number of rotatable bonds is 5. The van der Waals surface area contributed by atoms with Gasteiger partial charge in [-0.2, -0.15) is 0 Å². The van der Waals surface area contributed by atoms with Gasteiger partial charge in [0.1, 0.15) is 6.04 Å². The Hall–Kier alpha value is -1.99. The van der Waals surface area contributed by atoms with Gasteiger partial charge in [0.15, 0.2) is 11.5 Å². The average molecular weight is 343 g/mol. The molecule has 1 atom stereocenters. The lowest BCUT2D eigenvalue weighted by atomic mass is 10.2. The van der Waals surface area contributed by atoms with Gasteiger partial charge in [-0.1, -0.05) is 6.07 Å². The van der Waals surface area contributed by atoms with E-state index in [0.29, 0.717) is 31.0 Å². The third-order valence-electron chi connectivity index (χ3n) is 3.92. The number of carbonyl (C=O) groups excluding carboxylic acids is 1.